The molecular formula is C18H25N3O2. The Balaban J connectivity index is 2.19. The van der Waals surface area contributed by atoms with Gasteiger partial charge in [-0.15, -0.1) is 0 Å². The van der Waals surface area contributed by atoms with Gasteiger partial charge in [-0.1, -0.05) is 44.9 Å². The topological polar surface area (TPSA) is 56.1 Å². The van der Waals surface area contributed by atoms with E-state index in [9.17, 15) is 4.79 Å². The molecule has 0 atom stereocenters. The van der Waals surface area contributed by atoms with Crippen molar-refractivity contribution in [2.45, 2.75) is 39.5 Å². The van der Waals surface area contributed by atoms with Crippen LogP contribution in [0.5, 0.6) is 5.88 Å². The lowest BCUT2D eigenvalue weighted by atomic mass is 10.3. The van der Waals surface area contributed by atoms with Gasteiger partial charge < -0.3 is 10.1 Å². The molecule has 0 bridgehead atoms. The van der Waals surface area contributed by atoms with E-state index in [1.807, 2.05) is 30.3 Å². The number of carbonyl (C=O) groups is 1. The fraction of sp³-hybridized carbons (Fsp3) is 0.444. The molecule has 0 unspecified atom stereocenters. The zero-order valence-corrected chi connectivity index (χ0v) is 13.9. The second kappa shape index (κ2) is 8.98. The summed E-state index contributed by atoms with van der Waals surface area (Å²) in [6.45, 7) is 5.49. The Morgan fingerprint density at radius 2 is 1.91 bits per heavy atom. The molecule has 1 N–H and O–H groups in total. The van der Waals surface area contributed by atoms with Crippen molar-refractivity contribution in [1.82, 2.24) is 15.1 Å². The molecule has 0 aliphatic rings. The number of hydrogen-bond acceptors (Lipinski definition) is 3. The van der Waals surface area contributed by atoms with Crippen LogP contribution in [0, 0.1) is 0 Å². The van der Waals surface area contributed by atoms with Crippen molar-refractivity contribution >= 4 is 5.91 Å². The third-order valence-electron chi connectivity index (χ3n) is 3.47. The fourth-order valence-corrected chi connectivity index (χ4v) is 2.12. The van der Waals surface area contributed by atoms with Crippen LogP contribution in [0.1, 0.15) is 50.0 Å². The number of nitrogens with zero attached hydrogens (tertiary/aromatic N) is 2. The number of rotatable bonds is 9. The predicted octanol–water partition coefficient (Wildman–Crippen LogP) is 3.58. The minimum absolute atomic E-state index is 0.159. The van der Waals surface area contributed by atoms with Crippen LogP contribution in [0.3, 0.4) is 0 Å². The summed E-state index contributed by atoms with van der Waals surface area (Å²) >= 11 is 0. The van der Waals surface area contributed by atoms with Crippen molar-refractivity contribution in [3.05, 3.63) is 42.1 Å². The van der Waals surface area contributed by atoms with Crippen LogP contribution >= 0.6 is 0 Å². The number of hydrogen-bond donors (Lipinski definition) is 1. The van der Waals surface area contributed by atoms with Crippen LogP contribution < -0.4 is 10.1 Å². The minimum Gasteiger partial charge on any atom is -0.478 e. The molecule has 2 rings (SSSR count). The minimum atomic E-state index is -0.159. The highest BCUT2D eigenvalue weighted by Gasteiger charge is 2.16. The number of aromatic nitrogens is 2. The van der Waals surface area contributed by atoms with Crippen LogP contribution in [0.2, 0.25) is 0 Å². The first kappa shape index (κ1) is 17.1. The molecule has 5 heteroatoms. The third kappa shape index (κ3) is 4.84. The lowest BCUT2D eigenvalue weighted by Gasteiger charge is -2.08. The molecule has 23 heavy (non-hydrogen) atoms. The number of para-hydroxylation sites is 1. The smallest absolute Gasteiger partial charge is 0.271 e. The molecule has 5 nitrogen and oxygen atoms in total. The molecule has 1 amide bonds. The largest absolute Gasteiger partial charge is 0.478 e. The van der Waals surface area contributed by atoms with Gasteiger partial charge in [0.15, 0.2) is 5.69 Å². The van der Waals surface area contributed by atoms with Gasteiger partial charge in [0, 0.05) is 12.6 Å². The highest BCUT2D eigenvalue weighted by Crippen LogP contribution is 2.20. The molecule has 0 fully saturated rings. The van der Waals surface area contributed by atoms with E-state index in [-0.39, 0.29) is 5.91 Å². The predicted molar refractivity (Wildman–Crippen MR) is 91.2 cm³/mol. The second-order valence-corrected chi connectivity index (χ2v) is 5.43. The molecular weight excluding hydrogens is 290 g/mol. The van der Waals surface area contributed by atoms with Gasteiger partial charge in [-0.2, -0.15) is 5.10 Å². The molecule has 0 aliphatic heterocycles. The Kier molecular flexibility index (Phi) is 6.66. The normalized spacial score (nSPS) is 10.5. The summed E-state index contributed by atoms with van der Waals surface area (Å²) in [7, 11) is 0. The van der Waals surface area contributed by atoms with E-state index in [0.717, 1.165) is 31.4 Å². The van der Waals surface area contributed by atoms with E-state index in [0.29, 0.717) is 24.7 Å². The molecule has 124 valence electrons. The fourth-order valence-electron chi connectivity index (χ4n) is 2.12. The van der Waals surface area contributed by atoms with Gasteiger partial charge in [0.2, 0.25) is 5.88 Å². The van der Waals surface area contributed by atoms with E-state index in [4.69, 9.17) is 4.74 Å². The number of carbonyl (C=O) groups excluding carboxylic acids is 1. The van der Waals surface area contributed by atoms with Crippen molar-refractivity contribution in [1.29, 1.82) is 0 Å². The SMILES string of the molecule is CCCCNC(=O)c1cc(OCCCC)n(-c2ccccc2)n1. The molecule has 0 aliphatic carbocycles. The summed E-state index contributed by atoms with van der Waals surface area (Å²) in [4.78, 5) is 12.2. The molecule has 1 heterocycles. The maximum absolute atomic E-state index is 12.2. The first-order valence-electron chi connectivity index (χ1n) is 8.32. The molecule has 0 saturated heterocycles. The third-order valence-corrected chi connectivity index (χ3v) is 3.47. The number of nitrogens with one attached hydrogen (secondary N) is 1. The maximum atomic E-state index is 12.2. The van der Waals surface area contributed by atoms with E-state index in [1.165, 1.54) is 0 Å². The van der Waals surface area contributed by atoms with Crippen molar-refractivity contribution < 1.29 is 9.53 Å². The summed E-state index contributed by atoms with van der Waals surface area (Å²) in [5, 5.41) is 7.31. The highest BCUT2D eigenvalue weighted by molar-refractivity contribution is 5.92. The quantitative estimate of drug-likeness (QED) is 0.720. The summed E-state index contributed by atoms with van der Waals surface area (Å²) < 4.78 is 7.49. The van der Waals surface area contributed by atoms with Gasteiger partial charge in [0.05, 0.1) is 12.3 Å². The van der Waals surface area contributed by atoms with Crippen LogP contribution in [-0.4, -0.2) is 28.8 Å². The summed E-state index contributed by atoms with van der Waals surface area (Å²) in [5.41, 5.74) is 1.27. The van der Waals surface area contributed by atoms with Gasteiger partial charge in [-0.05, 0) is 25.0 Å². The standard InChI is InChI=1S/C18H25N3O2/c1-3-5-12-19-18(22)16-14-17(23-13-6-4-2)21(20-16)15-10-8-7-9-11-15/h7-11,14H,3-6,12-13H2,1-2H3,(H,19,22). The average Bonchev–Trinajstić information content (AvgIpc) is 3.00. The number of ether oxygens (including phenoxy) is 1. The van der Waals surface area contributed by atoms with Gasteiger partial charge in [-0.3, -0.25) is 4.79 Å². The monoisotopic (exact) mass is 315 g/mol. The average molecular weight is 315 g/mol. The van der Waals surface area contributed by atoms with Crippen molar-refractivity contribution in [3.8, 4) is 11.6 Å². The number of benzene rings is 1. The maximum Gasteiger partial charge on any atom is 0.271 e. The van der Waals surface area contributed by atoms with E-state index in [1.54, 1.807) is 10.7 Å². The van der Waals surface area contributed by atoms with Gasteiger partial charge in [0.25, 0.3) is 5.91 Å². The Bertz CT molecular complexity index is 608. The van der Waals surface area contributed by atoms with Crippen LogP contribution in [0.15, 0.2) is 36.4 Å². The van der Waals surface area contributed by atoms with E-state index >= 15 is 0 Å². The van der Waals surface area contributed by atoms with Gasteiger partial charge in [0.1, 0.15) is 0 Å². The van der Waals surface area contributed by atoms with Crippen molar-refractivity contribution in [2.75, 3.05) is 13.2 Å². The van der Waals surface area contributed by atoms with Crippen LogP contribution in [0.25, 0.3) is 5.69 Å². The zero-order valence-electron chi connectivity index (χ0n) is 13.9. The van der Waals surface area contributed by atoms with Gasteiger partial charge >= 0.3 is 0 Å². The number of amides is 1. The van der Waals surface area contributed by atoms with Crippen molar-refractivity contribution in [2.24, 2.45) is 0 Å². The first-order chi connectivity index (χ1) is 11.3. The summed E-state index contributed by atoms with van der Waals surface area (Å²) in [6.07, 6.45) is 4.04. The molecule has 0 saturated carbocycles. The van der Waals surface area contributed by atoms with Crippen LogP contribution in [-0.2, 0) is 0 Å². The molecule has 0 radical (unpaired) electrons. The van der Waals surface area contributed by atoms with Crippen molar-refractivity contribution in [3.63, 3.8) is 0 Å². The molecule has 0 spiro atoms. The summed E-state index contributed by atoms with van der Waals surface area (Å²) in [5.74, 6) is 0.443. The lowest BCUT2D eigenvalue weighted by molar-refractivity contribution is 0.0947. The lowest BCUT2D eigenvalue weighted by Crippen LogP contribution is -2.24. The first-order valence-corrected chi connectivity index (χ1v) is 8.32. The van der Waals surface area contributed by atoms with Crippen LogP contribution in [0.4, 0.5) is 0 Å². The highest BCUT2D eigenvalue weighted by atomic mass is 16.5. The molecule has 2 aromatic rings. The Morgan fingerprint density at radius 1 is 1.17 bits per heavy atom. The Labute approximate surface area is 137 Å². The zero-order chi connectivity index (χ0) is 16.5. The molecule has 1 aromatic heterocycles. The summed E-state index contributed by atoms with van der Waals surface area (Å²) in [6, 6.07) is 11.4. The van der Waals surface area contributed by atoms with E-state index in [2.05, 4.69) is 24.3 Å². The van der Waals surface area contributed by atoms with E-state index < -0.39 is 0 Å². The number of unbranched alkanes of at least 4 members (excludes halogenated alkanes) is 2. The second-order valence-electron chi connectivity index (χ2n) is 5.43. The molecule has 1 aromatic carbocycles. The van der Waals surface area contributed by atoms with Gasteiger partial charge in [-0.25, -0.2) is 4.68 Å². The Morgan fingerprint density at radius 3 is 2.61 bits per heavy atom. The Hall–Kier alpha value is -2.30.